The molecule has 0 aliphatic heterocycles. The number of rotatable bonds is 9. The predicted molar refractivity (Wildman–Crippen MR) is 76.4 cm³/mol. The zero-order valence-electron chi connectivity index (χ0n) is 12.5. The molecule has 0 amide bonds. The van der Waals surface area contributed by atoms with Crippen molar-refractivity contribution in [2.24, 2.45) is 5.92 Å². The molecular weight excluding hydrogens is 222 g/mol. The summed E-state index contributed by atoms with van der Waals surface area (Å²) in [5, 5.41) is 12.2. The van der Waals surface area contributed by atoms with Gasteiger partial charge in [-0.25, -0.2) is 0 Å². The summed E-state index contributed by atoms with van der Waals surface area (Å²) in [6.45, 7) is 8.95. The highest BCUT2D eigenvalue weighted by atomic mass is 15.2. The van der Waals surface area contributed by atoms with E-state index in [1.165, 1.54) is 25.8 Å². The summed E-state index contributed by atoms with van der Waals surface area (Å²) >= 11 is 0. The molecule has 1 N–H and O–H groups in total. The van der Waals surface area contributed by atoms with Crippen LogP contribution in [0.4, 0.5) is 0 Å². The van der Waals surface area contributed by atoms with E-state index in [9.17, 15) is 0 Å². The van der Waals surface area contributed by atoms with Crippen LogP contribution in [-0.4, -0.2) is 36.6 Å². The van der Waals surface area contributed by atoms with Crippen molar-refractivity contribution in [3.05, 3.63) is 0 Å². The highest BCUT2D eigenvalue weighted by Gasteiger charge is 2.29. The molecule has 1 aliphatic rings. The van der Waals surface area contributed by atoms with Crippen molar-refractivity contribution in [2.75, 3.05) is 20.1 Å². The lowest BCUT2D eigenvalue weighted by Gasteiger charge is -2.26. The van der Waals surface area contributed by atoms with Gasteiger partial charge < -0.3 is 10.2 Å². The van der Waals surface area contributed by atoms with Crippen molar-refractivity contribution in [1.29, 1.82) is 5.26 Å². The van der Waals surface area contributed by atoms with Gasteiger partial charge in [0.15, 0.2) is 0 Å². The molecule has 3 nitrogen and oxygen atoms in total. The maximum absolute atomic E-state index is 9.12. The number of nitrogens with zero attached hydrogens (tertiary/aromatic N) is 2. The smallest absolute Gasteiger partial charge is 0.103 e. The first-order chi connectivity index (χ1) is 8.50. The number of hydrogen-bond acceptors (Lipinski definition) is 3. The molecule has 3 heteroatoms. The maximum Gasteiger partial charge on any atom is 0.103 e. The van der Waals surface area contributed by atoms with Crippen molar-refractivity contribution >= 4 is 0 Å². The normalized spacial score (nSPS) is 18.9. The van der Waals surface area contributed by atoms with Gasteiger partial charge in [0.1, 0.15) is 5.54 Å². The van der Waals surface area contributed by atoms with E-state index >= 15 is 0 Å². The maximum atomic E-state index is 9.12. The Kier molecular flexibility index (Phi) is 6.11. The molecule has 1 rings (SSSR count). The Balaban J connectivity index is 2.28. The minimum absolute atomic E-state index is 0.354. The van der Waals surface area contributed by atoms with Gasteiger partial charge in [0, 0.05) is 6.04 Å². The van der Waals surface area contributed by atoms with Crippen LogP contribution in [0.25, 0.3) is 0 Å². The van der Waals surface area contributed by atoms with Gasteiger partial charge in [0.05, 0.1) is 6.07 Å². The van der Waals surface area contributed by atoms with Crippen LogP contribution in [0.3, 0.4) is 0 Å². The van der Waals surface area contributed by atoms with E-state index < -0.39 is 0 Å². The van der Waals surface area contributed by atoms with Crippen LogP contribution in [0, 0.1) is 17.2 Å². The summed E-state index contributed by atoms with van der Waals surface area (Å²) in [6, 6.07) is 3.21. The summed E-state index contributed by atoms with van der Waals surface area (Å²) in [4.78, 5) is 2.63. The monoisotopic (exact) mass is 251 g/mol. The zero-order valence-corrected chi connectivity index (χ0v) is 12.5. The van der Waals surface area contributed by atoms with Crippen molar-refractivity contribution < 1.29 is 0 Å². The highest BCUT2D eigenvalue weighted by Crippen LogP contribution is 2.28. The first-order valence-corrected chi connectivity index (χ1v) is 7.35. The first kappa shape index (κ1) is 15.5. The minimum Gasteiger partial charge on any atom is -0.303 e. The Morgan fingerprint density at radius 3 is 2.50 bits per heavy atom. The second kappa shape index (κ2) is 7.11. The molecule has 0 aromatic carbocycles. The fourth-order valence-corrected chi connectivity index (χ4v) is 2.21. The van der Waals surface area contributed by atoms with Gasteiger partial charge >= 0.3 is 0 Å². The minimum atomic E-state index is -0.354. The van der Waals surface area contributed by atoms with Gasteiger partial charge in [-0.05, 0) is 65.1 Å². The Morgan fingerprint density at radius 2 is 2.06 bits per heavy atom. The molecule has 18 heavy (non-hydrogen) atoms. The summed E-state index contributed by atoms with van der Waals surface area (Å²) in [5.41, 5.74) is -0.354. The summed E-state index contributed by atoms with van der Waals surface area (Å²) in [6.07, 6.45) is 6.09. The summed E-state index contributed by atoms with van der Waals surface area (Å²) in [7, 11) is 1.88. The van der Waals surface area contributed by atoms with E-state index in [4.69, 9.17) is 5.26 Å². The molecule has 1 aliphatic carbocycles. The van der Waals surface area contributed by atoms with Crippen molar-refractivity contribution in [3.63, 3.8) is 0 Å². The number of nitrogens with one attached hydrogen (secondary N) is 1. The summed E-state index contributed by atoms with van der Waals surface area (Å²) in [5.74, 6) is 0.785. The van der Waals surface area contributed by atoms with Crippen LogP contribution < -0.4 is 5.32 Å². The van der Waals surface area contributed by atoms with Crippen LogP contribution >= 0.6 is 0 Å². The van der Waals surface area contributed by atoms with E-state index in [1.54, 1.807) is 0 Å². The van der Waals surface area contributed by atoms with Crippen LogP contribution in [0.1, 0.15) is 52.9 Å². The first-order valence-electron chi connectivity index (χ1n) is 7.35. The standard InChI is InChI=1S/C15H29N3/c1-13(2)8-11-18(14-6-7-14)10-5-9-15(3,12-16)17-4/h13-14,17H,5-11H2,1-4H3. The van der Waals surface area contributed by atoms with E-state index in [1.807, 2.05) is 14.0 Å². The third kappa shape index (κ3) is 5.37. The molecule has 0 spiro atoms. The van der Waals surface area contributed by atoms with Crippen molar-refractivity contribution in [1.82, 2.24) is 10.2 Å². The fourth-order valence-electron chi connectivity index (χ4n) is 2.21. The van der Waals surface area contributed by atoms with E-state index in [-0.39, 0.29) is 5.54 Å². The molecule has 0 saturated heterocycles. The molecule has 0 bridgehead atoms. The molecule has 0 heterocycles. The third-order valence-corrected chi connectivity index (χ3v) is 3.98. The number of nitriles is 1. The topological polar surface area (TPSA) is 39.1 Å². The number of hydrogen-bond donors (Lipinski definition) is 1. The molecule has 1 atom stereocenters. The molecular formula is C15H29N3. The Labute approximate surface area is 113 Å². The van der Waals surface area contributed by atoms with Gasteiger partial charge in [-0.15, -0.1) is 0 Å². The van der Waals surface area contributed by atoms with Crippen LogP contribution in [0.15, 0.2) is 0 Å². The molecule has 104 valence electrons. The Bertz CT molecular complexity index is 278. The average Bonchev–Trinajstić information content (AvgIpc) is 3.17. The average molecular weight is 251 g/mol. The Hall–Kier alpha value is -0.590. The largest absolute Gasteiger partial charge is 0.303 e. The quantitative estimate of drug-likeness (QED) is 0.685. The van der Waals surface area contributed by atoms with Crippen molar-refractivity contribution in [3.8, 4) is 6.07 Å². The van der Waals surface area contributed by atoms with E-state index in [0.717, 1.165) is 31.3 Å². The van der Waals surface area contributed by atoms with E-state index in [0.29, 0.717) is 0 Å². The fraction of sp³-hybridized carbons (Fsp3) is 0.933. The molecule has 1 unspecified atom stereocenters. The second-order valence-corrected chi connectivity index (χ2v) is 6.25. The van der Waals surface area contributed by atoms with Crippen LogP contribution in [-0.2, 0) is 0 Å². The lowest BCUT2D eigenvalue weighted by atomic mass is 9.98. The van der Waals surface area contributed by atoms with Crippen LogP contribution in [0.2, 0.25) is 0 Å². The van der Waals surface area contributed by atoms with Gasteiger partial charge in [-0.2, -0.15) is 5.26 Å². The lowest BCUT2D eigenvalue weighted by Crippen LogP contribution is -2.39. The van der Waals surface area contributed by atoms with Gasteiger partial charge in [-0.1, -0.05) is 13.8 Å². The van der Waals surface area contributed by atoms with Crippen molar-refractivity contribution in [2.45, 2.75) is 64.5 Å². The Morgan fingerprint density at radius 1 is 1.39 bits per heavy atom. The van der Waals surface area contributed by atoms with E-state index in [2.05, 4.69) is 30.1 Å². The highest BCUT2D eigenvalue weighted by molar-refractivity contribution is 5.02. The molecule has 1 saturated carbocycles. The second-order valence-electron chi connectivity index (χ2n) is 6.25. The van der Waals surface area contributed by atoms with Gasteiger partial charge in [0.25, 0.3) is 0 Å². The molecule has 0 aromatic rings. The zero-order chi connectivity index (χ0) is 13.6. The molecule has 1 fully saturated rings. The predicted octanol–water partition coefficient (Wildman–Crippen LogP) is 2.78. The SMILES string of the molecule is CNC(C)(C#N)CCCN(CCC(C)C)C1CC1. The van der Waals surface area contributed by atoms with Gasteiger partial charge in [-0.3, -0.25) is 0 Å². The molecule has 0 radical (unpaired) electrons. The van der Waals surface area contributed by atoms with Gasteiger partial charge in [0.2, 0.25) is 0 Å². The summed E-state index contributed by atoms with van der Waals surface area (Å²) < 4.78 is 0. The molecule has 0 aromatic heterocycles. The van der Waals surface area contributed by atoms with Crippen LogP contribution in [0.5, 0.6) is 0 Å². The lowest BCUT2D eigenvalue weighted by molar-refractivity contribution is 0.236. The third-order valence-electron chi connectivity index (χ3n) is 3.98.